The highest BCUT2D eigenvalue weighted by Crippen LogP contribution is 2.12. The van der Waals surface area contributed by atoms with E-state index < -0.39 is 6.04 Å². The van der Waals surface area contributed by atoms with Crippen LogP contribution in [0.5, 0.6) is 0 Å². The van der Waals surface area contributed by atoms with Crippen LogP contribution in [-0.2, 0) is 11.2 Å². The van der Waals surface area contributed by atoms with Crippen molar-refractivity contribution in [1.82, 2.24) is 5.32 Å². The Morgan fingerprint density at radius 1 is 1.05 bits per heavy atom. The van der Waals surface area contributed by atoms with Gasteiger partial charge in [-0.25, -0.2) is 0 Å². The van der Waals surface area contributed by atoms with Crippen LogP contribution in [0.25, 0.3) is 0 Å². The lowest BCUT2D eigenvalue weighted by molar-refractivity contribution is -0.118. The highest BCUT2D eigenvalue weighted by molar-refractivity contribution is 6.30. The molecule has 0 spiro atoms. The Bertz CT molecular complexity index is 623. The van der Waals surface area contributed by atoms with Gasteiger partial charge in [0, 0.05) is 10.6 Å². The largest absolute Gasteiger partial charge is 0.342 e. The van der Waals surface area contributed by atoms with E-state index in [0.717, 1.165) is 5.56 Å². The van der Waals surface area contributed by atoms with Crippen LogP contribution < -0.4 is 5.32 Å². The molecule has 1 unspecified atom stereocenters. The standard InChI is InChI=1S/C17H16ClNO2/c1-12(20)16(11-13-7-9-15(18)10-8-13)19-17(21)14-5-3-2-4-6-14/h2-10,16H,11H2,1H3,(H,19,21). The minimum absolute atomic E-state index is 0.0748. The van der Waals surface area contributed by atoms with Gasteiger partial charge in [-0.05, 0) is 43.2 Å². The van der Waals surface area contributed by atoms with Crippen LogP contribution in [0.2, 0.25) is 5.02 Å². The van der Waals surface area contributed by atoms with Gasteiger partial charge in [0.15, 0.2) is 5.78 Å². The third-order valence-electron chi connectivity index (χ3n) is 3.19. The second kappa shape index (κ2) is 7.04. The van der Waals surface area contributed by atoms with Crippen LogP contribution >= 0.6 is 11.6 Å². The minimum Gasteiger partial charge on any atom is -0.342 e. The number of nitrogens with one attached hydrogen (secondary N) is 1. The molecule has 0 bridgehead atoms. The zero-order valence-corrected chi connectivity index (χ0v) is 12.4. The molecule has 0 fully saturated rings. The highest BCUT2D eigenvalue weighted by Gasteiger charge is 2.18. The van der Waals surface area contributed by atoms with Gasteiger partial charge in [-0.2, -0.15) is 0 Å². The number of halogens is 1. The van der Waals surface area contributed by atoms with Crippen molar-refractivity contribution in [1.29, 1.82) is 0 Å². The molecule has 0 aliphatic carbocycles. The molecular weight excluding hydrogens is 286 g/mol. The molecule has 0 radical (unpaired) electrons. The van der Waals surface area contributed by atoms with Crippen molar-refractivity contribution >= 4 is 23.3 Å². The number of Topliss-reactive ketones (excluding diaryl/α,β-unsaturated/α-hetero) is 1. The van der Waals surface area contributed by atoms with Gasteiger partial charge < -0.3 is 5.32 Å². The number of hydrogen-bond acceptors (Lipinski definition) is 2. The maximum absolute atomic E-state index is 12.1. The van der Waals surface area contributed by atoms with Gasteiger partial charge >= 0.3 is 0 Å². The van der Waals surface area contributed by atoms with Crippen LogP contribution in [0, 0.1) is 0 Å². The summed E-state index contributed by atoms with van der Waals surface area (Å²) in [5.74, 6) is -0.320. The molecule has 4 heteroatoms. The average Bonchev–Trinajstić information content (AvgIpc) is 2.49. The number of rotatable bonds is 5. The summed E-state index contributed by atoms with van der Waals surface area (Å²) in [6.45, 7) is 1.48. The fourth-order valence-electron chi connectivity index (χ4n) is 1.98. The molecule has 1 atom stereocenters. The summed E-state index contributed by atoms with van der Waals surface area (Å²) in [7, 11) is 0. The van der Waals surface area contributed by atoms with Crippen molar-refractivity contribution in [3.63, 3.8) is 0 Å². The summed E-state index contributed by atoms with van der Waals surface area (Å²) in [4.78, 5) is 23.9. The SMILES string of the molecule is CC(=O)C(Cc1ccc(Cl)cc1)NC(=O)c1ccccc1. The van der Waals surface area contributed by atoms with E-state index in [1.807, 2.05) is 18.2 Å². The molecule has 21 heavy (non-hydrogen) atoms. The van der Waals surface area contributed by atoms with Gasteiger partial charge in [0.25, 0.3) is 5.91 Å². The van der Waals surface area contributed by atoms with Gasteiger partial charge in [-0.1, -0.05) is 41.9 Å². The first-order valence-electron chi connectivity index (χ1n) is 6.67. The van der Waals surface area contributed by atoms with E-state index in [2.05, 4.69) is 5.32 Å². The third kappa shape index (κ3) is 4.43. The number of carbonyl (C=O) groups excluding carboxylic acids is 2. The van der Waals surface area contributed by atoms with Crippen molar-refractivity contribution in [2.75, 3.05) is 0 Å². The normalized spacial score (nSPS) is 11.7. The molecule has 0 aliphatic rings. The summed E-state index contributed by atoms with van der Waals surface area (Å²) < 4.78 is 0. The Morgan fingerprint density at radius 2 is 1.67 bits per heavy atom. The topological polar surface area (TPSA) is 46.2 Å². The number of ketones is 1. The lowest BCUT2D eigenvalue weighted by Gasteiger charge is -2.16. The summed E-state index contributed by atoms with van der Waals surface area (Å²) in [6.07, 6.45) is 0.449. The molecule has 0 saturated carbocycles. The van der Waals surface area contributed by atoms with Crippen molar-refractivity contribution in [3.8, 4) is 0 Å². The molecular formula is C17H16ClNO2. The zero-order chi connectivity index (χ0) is 15.2. The molecule has 1 N–H and O–H groups in total. The Morgan fingerprint density at radius 3 is 2.24 bits per heavy atom. The number of benzene rings is 2. The number of amides is 1. The Labute approximate surface area is 128 Å². The molecule has 2 aromatic rings. The van der Waals surface area contributed by atoms with Crippen LogP contribution in [0.4, 0.5) is 0 Å². The van der Waals surface area contributed by atoms with E-state index in [1.54, 1.807) is 36.4 Å². The summed E-state index contributed by atoms with van der Waals surface area (Å²) in [5, 5.41) is 3.42. The zero-order valence-electron chi connectivity index (χ0n) is 11.7. The fourth-order valence-corrected chi connectivity index (χ4v) is 2.11. The molecule has 3 nitrogen and oxygen atoms in total. The first-order valence-corrected chi connectivity index (χ1v) is 7.05. The molecule has 2 aromatic carbocycles. The van der Waals surface area contributed by atoms with E-state index in [0.29, 0.717) is 17.0 Å². The van der Waals surface area contributed by atoms with E-state index in [4.69, 9.17) is 11.6 Å². The smallest absolute Gasteiger partial charge is 0.251 e. The Kier molecular flexibility index (Phi) is 5.12. The van der Waals surface area contributed by atoms with Gasteiger partial charge in [-0.3, -0.25) is 9.59 Å². The predicted octanol–water partition coefficient (Wildman–Crippen LogP) is 3.27. The minimum atomic E-state index is -0.543. The lowest BCUT2D eigenvalue weighted by Crippen LogP contribution is -2.41. The molecule has 0 heterocycles. The van der Waals surface area contributed by atoms with Gasteiger partial charge in [-0.15, -0.1) is 0 Å². The molecule has 1 amide bonds. The summed E-state index contributed by atoms with van der Waals surface area (Å²) in [5.41, 5.74) is 1.49. The van der Waals surface area contributed by atoms with Gasteiger partial charge in [0.2, 0.25) is 0 Å². The van der Waals surface area contributed by atoms with Crippen molar-refractivity contribution < 1.29 is 9.59 Å². The second-order valence-electron chi connectivity index (χ2n) is 4.83. The average molecular weight is 302 g/mol. The highest BCUT2D eigenvalue weighted by atomic mass is 35.5. The van der Waals surface area contributed by atoms with Crippen LogP contribution in [0.1, 0.15) is 22.8 Å². The summed E-state index contributed by atoms with van der Waals surface area (Å²) in [6, 6.07) is 15.6. The Hall–Kier alpha value is -2.13. The third-order valence-corrected chi connectivity index (χ3v) is 3.44. The van der Waals surface area contributed by atoms with E-state index in [9.17, 15) is 9.59 Å². The maximum Gasteiger partial charge on any atom is 0.251 e. The fraction of sp³-hybridized carbons (Fsp3) is 0.176. The quantitative estimate of drug-likeness (QED) is 0.921. The van der Waals surface area contributed by atoms with Crippen LogP contribution in [0.15, 0.2) is 54.6 Å². The molecule has 0 saturated heterocycles. The molecule has 2 rings (SSSR count). The molecule has 108 valence electrons. The summed E-state index contributed by atoms with van der Waals surface area (Å²) >= 11 is 5.84. The van der Waals surface area contributed by atoms with E-state index in [1.165, 1.54) is 6.92 Å². The van der Waals surface area contributed by atoms with E-state index in [-0.39, 0.29) is 11.7 Å². The number of carbonyl (C=O) groups is 2. The molecule has 0 aromatic heterocycles. The van der Waals surface area contributed by atoms with Crippen LogP contribution in [0.3, 0.4) is 0 Å². The van der Waals surface area contributed by atoms with Crippen molar-refractivity contribution in [2.45, 2.75) is 19.4 Å². The predicted molar refractivity (Wildman–Crippen MR) is 83.5 cm³/mol. The first-order chi connectivity index (χ1) is 10.1. The van der Waals surface area contributed by atoms with Crippen molar-refractivity contribution in [3.05, 3.63) is 70.7 Å². The number of hydrogen-bond donors (Lipinski definition) is 1. The van der Waals surface area contributed by atoms with Crippen LogP contribution in [-0.4, -0.2) is 17.7 Å². The maximum atomic E-state index is 12.1. The van der Waals surface area contributed by atoms with Gasteiger partial charge in [0.05, 0.1) is 6.04 Å². The lowest BCUT2D eigenvalue weighted by atomic mass is 10.0. The van der Waals surface area contributed by atoms with Gasteiger partial charge in [0.1, 0.15) is 0 Å². The first kappa shape index (κ1) is 15.3. The monoisotopic (exact) mass is 301 g/mol. The second-order valence-corrected chi connectivity index (χ2v) is 5.27. The van der Waals surface area contributed by atoms with E-state index >= 15 is 0 Å². The van der Waals surface area contributed by atoms with Crippen molar-refractivity contribution in [2.24, 2.45) is 0 Å². The molecule has 0 aliphatic heterocycles. The Balaban J connectivity index is 2.07.